The molecule has 0 aromatic heterocycles. The highest BCUT2D eigenvalue weighted by molar-refractivity contribution is 14.0. The van der Waals surface area contributed by atoms with Crippen LogP contribution in [-0.2, 0) is 6.54 Å². The summed E-state index contributed by atoms with van der Waals surface area (Å²) in [5.74, 6) is 1.68. The Labute approximate surface area is 173 Å². The summed E-state index contributed by atoms with van der Waals surface area (Å²) in [6.45, 7) is 5.17. The maximum absolute atomic E-state index is 5.38. The number of hydrogen-bond acceptors (Lipinski definition) is 3. The lowest BCUT2D eigenvalue weighted by Crippen LogP contribution is -2.41. The molecule has 0 atom stereocenters. The number of methoxy groups -OCH3 is 1. The number of likely N-dealkylation sites (N-methyl/N-ethyl adjacent to an activating group) is 1. The average Bonchev–Trinajstić information content (AvgIpc) is 2.66. The Morgan fingerprint density at radius 1 is 1.04 bits per heavy atom. The molecule has 2 aromatic rings. The highest BCUT2D eigenvalue weighted by atomic mass is 127. The van der Waals surface area contributed by atoms with E-state index in [1.54, 1.807) is 7.11 Å². The van der Waals surface area contributed by atoms with E-state index in [4.69, 9.17) is 4.74 Å². The summed E-state index contributed by atoms with van der Waals surface area (Å²) < 4.78 is 5.38. The number of hydrogen-bond donors (Lipinski definition) is 2. The van der Waals surface area contributed by atoms with Gasteiger partial charge in [0.1, 0.15) is 5.75 Å². The van der Waals surface area contributed by atoms with E-state index in [0.717, 1.165) is 36.9 Å². The summed E-state index contributed by atoms with van der Waals surface area (Å²) in [4.78, 5) is 6.88. The molecule has 0 unspecified atom stereocenters. The summed E-state index contributed by atoms with van der Waals surface area (Å²) in [6, 6.07) is 18.3. The molecule has 0 aliphatic rings. The second-order valence-corrected chi connectivity index (χ2v) is 5.69. The van der Waals surface area contributed by atoms with E-state index in [9.17, 15) is 0 Å². The highest BCUT2D eigenvalue weighted by Crippen LogP contribution is 2.17. The van der Waals surface area contributed by atoms with E-state index in [-0.39, 0.29) is 24.0 Å². The number of anilines is 1. The molecule has 0 aliphatic carbocycles. The van der Waals surface area contributed by atoms with Gasteiger partial charge in [0.2, 0.25) is 0 Å². The summed E-state index contributed by atoms with van der Waals surface area (Å²) >= 11 is 0. The Balaban J connectivity index is 0.00000338. The number of nitrogens with one attached hydrogen (secondary N) is 2. The van der Waals surface area contributed by atoms with E-state index in [1.807, 2.05) is 30.3 Å². The summed E-state index contributed by atoms with van der Waals surface area (Å²) in [7, 11) is 3.78. The third-order valence-corrected chi connectivity index (χ3v) is 3.88. The van der Waals surface area contributed by atoms with Crippen LogP contribution in [0.1, 0.15) is 12.5 Å². The van der Waals surface area contributed by atoms with Crippen LogP contribution in [0.3, 0.4) is 0 Å². The Bertz CT molecular complexity index is 664. The van der Waals surface area contributed by atoms with E-state index in [1.165, 1.54) is 5.69 Å². The van der Waals surface area contributed by atoms with Gasteiger partial charge in [-0.3, -0.25) is 0 Å². The molecular weight excluding hydrogens is 439 g/mol. The monoisotopic (exact) mass is 468 g/mol. The molecule has 2 rings (SSSR count). The van der Waals surface area contributed by atoms with Crippen molar-refractivity contribution >= 4 is 35.6 Å². The van der Waals surface area contributed by atoms with Gasteiger partial charge in [-0.2, -0.15) is 0 Å². The summed E-state index contributed by atoms with van der Waals surface area (Å²) in [6.07, 6.45) is 0. The largest absolute Gasteiger partial charge is 0.496 e. The maximum atomic E-state index is 5.38. The minimum Gasteiger partial charge on any atom is -0.496 e. The van der Waals surface area contributed by atoms with Crippen LogP contribution in [-0.4, -0.2) is 39.8 Å². The van der Waals surface area contributed by atoms with Crippen LogP contribution in [0, 0.1) is 0 Å². The normalized spacial score (nSPS) is 10.7. The smallest absolute Gasteiger partial charge is 0.191 e. The molecule has 0 saturated heterocycles. The number of nitrogens with zero attached hydrogens (tertiary/aromatic N) is 2. The molecule has 0 aliphatic heterocycles. The molecule has 6 heteroatoms. The SMILES string of the molecule is CCNC(=NCc1ccccc1OC)NCCN(C)c1ccccc1.I. The fourth-order valence-corrected chi connectivity index (χ4v) is 2.49. The maximum Gasteiger partial charge on any atom is 0.191 e. The second-order valence-electron chi connectivity index (χ2n) is 5.69. The van der Waals surface area contributed by atoms with Crippen molar-refractivity contribution in [2.75, 3.05) is 38.7 Å². The first kappa shape index (κ1) is 22.1. The van der Waals surface area contributed by atoms with Crippen molar-refractivity contribution in [3.05, 3.63) is 60.2 Å². The van der Waals surface area contributed by atoms with Crippen LogP contribution >= 0.6 is 24.0 Å². The lowest BCUT2D eigenvalue weighted by atomic mass is 10.2. The Morgan fingerprint density at radius 3 is 2.42 bits per heavy atom. The van der Waals surface area contributed by atoms with E-state index < -0.39 is 0 Å². The molecule has 0 bridgehead atoms. The molecule has 0 fully saturated rings. The van der Waals surface area contributed by atoms with Crippen LogP contribution in [0.4, 0.5) is 5.69 Å². The number of rotatable bonds is 8. The number of ether oxygens (including phenoxy) is 1. The number of aliphatic imine (C=N–C) groups is 1. The van der Waals surface area contributed by atoms with Gasteiger partial charge >= 0.3 is 0 Å². The Kier molecular flexibility index (Phi) is 10.5. The number of guanidine groups is 1. The van der Waals surface area contributed by atoms with Crippen molar-refractivity contribution in [1.82, 2.24) is 10.6 Å². The van der Waals surface area contributed by atoms with Gasteiger partial charge in [-0.05, 0) is 25.1 Å². The van der Waals surface area contributed by atoms with Crippen molar-refractivity contribution < 1.29 is 4.74 Å². The van der Waals surface area contributed by atoms with Gasteiger partial charge < -0.3 is 20.3 Å². The van der Waals surface area contributed by atoms with Gasteiger partial charge in [0.25, 0.3) is 0 Å². The number of benzene rings is 2. The minimum absolute atomic E-state index is 0. The van der Waals surface area contributed by atoms with Crippen molar-refractivity contribution in [3.8, 4) is 5.75 Å². The predicted molar refractivity (Wildman–Crippen MR) is 121 cm³/mol. The zero-order valence-electron chi connectivity index (χ0n) is 15.7. The molecule has 5 nitrogen and oxygen atoms in total. The first-order valence-corrected chi connectivity index (χ1v) is 8.65. The van der Waals surface area contributed by atoms with E-state index in [2.05, 4.69) is 58.8 Å². The molecular formula is C20H29IN4O. The van der Waals surface area contributed by atoms with Crippen molar-refractivity contribution in [2.45, 2.75) is 13.5 Å². The fraction of sp³-hybridized carbons (Fsp3) is 0.350. The molecule has 2 aromatic carbocycles. The standard InChI is InChI=1S/C20H28N4O.HI/c1-4-21-20(23-16-17-10-8-9-13-19(17)25-3)22-14-15-24(2)18-11-6-5-7-12-18;/h5-13H,4,14-16H2,1-3H3,(H2,21,22,23);1H. The summed E-state index contributed by atoms with van der Waals surface area (Å²) in [5.41, 5.74) is 2.28. The lowest BCUT2D eigenvalue weighted by Gasteiger charge is -2.20. The van der Waals surface area contributed by atoms with Gasteiger partial charge in [-0.25, -0.2) is 4.99 Å². The van der Waals surface area contributed by atoms with Gasteiger partial charge in [0, 0.05) is 37.9 Å². The quantitative estimate of drug-likeness (QED) is 0.354. The molecule has 0 heterocycles. The van der Waals surface area contributed by atoms with Crippen molar-refractivity contribution in [2.24, 2.45) is 4.99 Å². The third-order valence-electron chi connectivity index (χ3n) is 3.88. The number of halogens is 1. The zero-order chi connectivity index (χ0) is 17.9. The first-order valence-electron chi connectivity index (χ1n) is 8.65. The van der Waals surface area contributed by atoms with Crippen LogP contribution in [0.15, 0.2) is 59.6 Å². The Hall–Kier alpha value is -1.96. The molecule has 0 amide bonds. The third kappa shape index (κ3) is 7.11. The molecule has 0 radical (unpaired) electrons. The molecule has 2 N–H and O–H groups in total. The first-order chi connectivity index (χ1) is 12.2. The predicted octanol–water partition coefficient (Wildman–Crippen LogP) is 3.50. The fourth-order valence-electron chi connectivity index (χ4n) is 2.49. The highest BCUT2D eigenvalue weighted by Gasteiger charge is 2.03. The van der Waals surface area contributed by atoms with E-state index >= 15 is 0 Å². The van der Waals surface area contributed by atoms with Gasteiger partial charge in [0.05, 0.1) is 13.7 Å². The Morgan fingerprint density at radius 2 is 1.73 bits per heavy atom. The van der Waals surface area contributed by atoms with Crippen LogP contribution in [0.2, 0.25) is 0 Å². The molecule has 142 valence electrons. The second kappa shape index (κ2) is 12.4. The zero-order valence-corrected chi connectivity index (χ0v) is 18.1. The van der Waals surface area contributed by atoms with Crippen LogP contribution < -0.4 is 20.3 Å². The lowest BCUT2D eigenvalue weighted by molar-refractivity contribution is 0.410. The van der Waals surface area contributed by atoms with Gasteiger partial charge in [-0.15, -0.1) is 24.0 Å². The van der Waals surface area contributed by atoms with Crippen LogP contribution in [0.5, 0.6) is 5.75 Å². The molecule has 0 spiro atoms. The van der Waals surface area contributed by atoms with Crippen molar-refractivity contribution in [1.29, 1.82) is 0 Å². The van der Waals surface area contributed by atoms with Crippen molar-refractivity contribution in [3.63, 3.8) is 0 Å². The van der Waals surface area contributed by atoms with Gasteiger partial charge in [0.15, 0.2) is 5.96 Å². The topological polar surface area (TPSA) is 48.9 Å². The van der Waals surface area contributed by atoms with Crippen LogP contribution in [0.25, 0.3) is 0 Å². The molecule has 26 heavy (non-hydrogen) atoms. The number of para-hydroxylation sites is 2. The average molecular weight is 468 g/mol. The summed E-state index contributed by atoms with van der Waals surface area (Å²) in [5, 5.41) is 6.67. The minimum atomic E-state index is 0. The molecule has 0 saturated carbocycles. The van der Waals surface area contributed by atoms with Gasteiger partial charge in [-0.1, -0.05) is 36.4 Å². The van der Waals surface area contributed by atoms with E-state index in [0.29, 0.717) is 6.54 Å².